The van der Waals surface area contributed by atoms with Crippen LogP contribution < -0.4 is 4.90 Å². The molecule has 0 amide bonds. The molecule has 96 valence electrons. The molecule has 2 aromatic carbocycles. The number of aliphatic hydroxyl groups is 1. The van der Waals surface area contributed by atoms with E-state index in [1.165, 1.54) is 11.1 Å². The van der Waals surface area contributed by atoms with Gasteiger partial charge in [0.25, 0.3) is 0 Å². The second-order valence-corrected chi connectivity index (χ2v) is 5.64. The van der Waals surface area contributed by atoms with E-state index in [0.717, 1.165) is 11.3 Å². The Balaban J connectivity index is 2.17. The van der Waals surface area contributed by atoms with Crippen molar-refractivity contribution in [3.63, 3.8) is 0 Å². The van der Waals surface area contributed by atoms with Crippen LogP contribution in [0.3, 0.4) is 0 Å². The molecule has 1 unspecified atom stereocenters. The van der Waals surface area contributed by atoms with Crippen LogP contribution in [0.2, 0.25) is 0 Å². The van der Waals surface area contributed by atoms with Crippen LogP contribution in [-0.4, -0.2) is 9.34 Å². The Hall–Kier alpha value is -1.33. The Bertz CT molecular complexity index is 622. The molecule has 2 aromatic rings. The lowest BCUT2D eigenvalue weighted by Gasteiger charge is -2.30. The summed E-state index contributed by atoms with van der Waals surface area (Å²) in [5.41, 5.74) is 4.63. The normalized spacial score (nSPS) is 16.8. The molecular weight excluding hydrogens is 349 g/mol. The number of aliphatic hydroxyl groups excluding tert-OH is 1. The van der Waals surface area contributed by atoms with Crippen LogP contribution in [0.1, 0.15) is 16.7 Å². The maximum atomic E-state index is 10.1. The van der Waals surface area contributed by atoms with E-state index in [9.17, 15) is 5.11 Å². The lowest BCUT2D eigenvalue weighted by Crippen LogP contribution is -2.31. The molecule has 0 aromatic heterocycles. The zero-order valence-corrected chi connectivity index (χ0v) is 12.5. The molecule has 0 aliphatic carbocycles. The highest BCUT2D eigenvalue weighted by Crippen LogP contribution is 2.30. The molecule has 0 saturated heterocycles. The Kier molecular flexibility index (Phi) is 3.57. The first-order valence-corrected chi connectivity index (χ1v) is 7.44. The van der Waals surface area contributed by atoms with Crippen molar-refractivity contribution in [3.8, 4) is 0 Å². The maximum Gasteiger partial charge on any atom is 0.180 e. The third-order valence-corrected chi connectivity index (χ3v) is 4.01. The van der Waals surface area contributed by atoms with Gasteiger partial charge < -0.3 is 10.0 Å². The van der Waals surface area contributed by atoms with E-state index < -0.39 is 4.23 Å². The number of benzene rings is 2. The second-order valence-electron chi connectivity index (χ2n) is 4.53. The van der Waals surface area contributed by atoms with Crippen LogP contribution in [0.15, 0.2) is 48.5 Å². The number of anilines is 1. The summed E-state index contributed by atoms with van der Waals surface area (Å²) in [6.45, 7) is 0.710. The van der Waals surface area contributed by atoms with Gasteiger partial charge in [-0.15, -0.1) is 0 Å². The third kappa shape index (κ3) is 2.53. The van der Waals surface area contributed by atoms with E-state index in [1.807, 2.05) is 51.8 Å². The van der Waals surface area contributed by atoms with Crippen LogP contribution in [0, 0.1) is 0 Å². The van der Waals surface area contributed by atoms with Gasteiger partial charge in [0.05, 0.1) is 0 Å². The predicted octanol–water partition coefficient (Wildman–Crippen LogP) is 3.89. The Morgan fingerprint density at radius 3 is 2.37 bits per heavy atom. The Morgan fingerprint density at radius 2 is 1.58 bits per heavy atom. The molecule has 0 bridgehead atoms. The van der Waals surface area contributed by atoms with Crippen molar-refractivity contribution in [1.82, 2.24) is 0 Å². The fraction of sp³-hybridized carbons (Fsp3) is 0.125. The molecule has 3 heteroatoms. The summed E-state index contributed by atoms with van der Waals surface area (Å²) in [4.78, 5) is 2.01. The minimum absolute atomic E-state index is 0.543. The van der Waals surface area contributed by atoms with Gasteiger partial charge in [-0.2, -0.15) is 0 Å². The molecule has 1 aliphatic heterocycles. The molecule has 0 saturated carbocycles. The average Bonchev–Trinajstić information content (AvgIpc) is 2.41. The van der Waals surface area contributed by atoms with Crippen LogP contribution in [0.25, 0.3) is 12.2 Å². The molecule has 1 heterocycles. The summed E-state index contributed by atoms with van der Waals surface area (Å²) in [7, 11) is 0. The van der Waals surface area contributed by atoms with Crippen LogP contribution in [0.4, 0.5) is 5.69 Å². The van der Waals surface area contributed by atoms with Gasteiger partial charge in [-0.3, -0.25) is 0 Å². The lowest BCUT2D eigenvalue weighted by atomic mass is 10.0. The average molecular weight is 363 g/mol. The first kappa shape index (κ1) is 12.7. The number of fused-ring (bicyclic) bond motifs is 2. The largest absolute Gasteiger partial charge is 0.365 e. The van der Waals surface area contributed by atoms with Crippen molar-refractivity contribution in [2.45, 2.75) is 10.8 Å². The molecule has 0 spiro atoms. The van der Waals surface area contributed by atoms with E-state index in [2.05, 4.69) is 36.4 Å². The van der Waals surface area contributed by atoms with E-state index in [4.69, 9.17) is 0 Å². The SMILES string of the molecule is OC(I)N1Cc2ccccc2/C=C\c2ccccc21. The van der Waals surface area contributed by atoms with Crippen molar-refractivity contribution >= 4 is 40.4 Å². The first-order chi connectivity index (χ1) is 9.25. The van der Waals surface area contributed by atoms with Gasteiger partial charge in [0.2, 0.25) is 0 Å². The van der Waals surface area contributed by atoms with Gasteiger partial charge in [0.1, 0.15) is 0 Å². The van der Waals surface area contributed by atoms with Crippen LogP contribution in [0.5, 0.6) is 0 Å². The number of nitrogens with zero attached hydrogens (tertiary/aromatic N) is 1. The van der Waals surface area contributed by atoms with Crippen LogP contribution >= 0.6 is 22.6 Å². The number of halogens is 1. The van der Waals surface area contributed by atoms with E-state index in [-0.39, 0.29) is 0 Å². The highest BCUT2D eigenvalue weighted by molar-refractivity contribution is 14.1. The van der Waals surface area contributed by atoms with E-state index >= 15 is 0 Å². The highest BCUT2D eigenvalue weighted by Gasteiger charge is 2.18. The van der Waals surface area contributed by atoms with E-state index in [1.54, 1.807) is 0 Å². The monoisotopic (exact) mass is 363 g/mol. The quantitative estimate of drug-likeness (QED) is 0.472. The topological polar surface area (TPSA) is 23.5 Å². The summed E-state index contributed by atoms with van der Waals surface area (Å²) in [5.74, 6) is 0. The summed E-state index contributed by atoms with van der Waals surface area (Å²) in [6, 6.07) is 16.5. The molecule has 1 N–H and O–H groups in total. The van der Waals surface area contributed by atoms with Crippen molar-refractivity contribution in [1.29, 1.82) is 0 Å². The second kappa shape index (κ2) is 5.35. The zero-order valence-electron chi connectivity index (χ0n) is 10.3. The third-order valence-electron chi connectivity index (χ3n) is 3.34. The van der Waals surface area contributed by atoms with Crippen LogP contribution in [-0.2, 0) is 6.54 Å². The summed E-state index contributed by atoms with van der Waals surface area (Å²) < 4.78 is -0.543. The fourth-order valence-electron chi connectivity index (χ4n) is 2.37. The number of hydrogen-bond acceptors (Lipinski definition) is 2. The Morgan fingerprint density at radius 1 is 0.947 bits per heavy atom. The molecule has 19 heavy (non-hydrogen) atoms. The van der Waals surface area contributed by atoms with Gasteiger partial charge >= 0.3 is 0 Å². The van der Waals surface area contributed by atoms with Crippen molar-refractivity contribution in [2.75, 3.05) is 4.90 Å². The van der Waals surface area contributed by atoms with Gasteiger partial charge in [-0.05, 0) is 45.3 Å². The summed E-state index contributed by atoms with van der Waals surface area (Å²) >= 11 is 2.04. The Labute approximate surface area is 126 Å². The van der Waals surface area contributed by atoms with Gasteiger partial charge in [-0.25, -0.2) is 0 Å². The zero-order chi connectivity index (χ0) is 13.2. The first-order valence-electron chi connectivity index (χ1n) is 6.19. The number of alkyl halides is 1. The number of rotatable bonds is 1. The predicted molar refractivity (Wildman–Crippen MR) is 88.0 cm³/mol. The van der Waals surface area contributed by atoms with Crippen molar-refractivity contribution in [2.24, 2.45) is 0 Å². The molecule has 3 rings (SSSR count). The molecule has 0 radical (unpaired) electrons. The fourth-order valence-corrected chi connectivity index (χ4v) is 2.87. The maximum absolute atomic E-state index is 10.1. The molecular formula is C16H14INO. The van der Waals surface area contributed by atoms with Gasteiger partial charge in [0.15, 0.2) is 4.23 Å². The molecule has 2 nitrogen and oxygen atoms in total. The number of para-hydroxylation sites is 1. The lowest BCUT2D eigenvalue weighted by molar-refractivity contribution is 0.270. The smallest absolute Gasteiger partial charge is 0.180 e. The minimum Gasteiger partial charge on any atom is -0.365 e. The summed E-state index contributed by atoms with van der Waals surface area (Å²) in [5, 5.41) is 10.1. The van der Waals surface area contributed by atoms with E-state index in [0.29, 0.717) is 6.54 Å². The number of hydrogen-bond donors (Lipinski definition) is 1. The standard InChI is InChI=1S/C16H14INO/c17-16(19)18-11-14-7-2-1-5-12(14)9-10-13-6-3-4-8-15(13)18/h1-10,16,19H,11H2/b10-9-. The van der Waals surface area contributed by atoms with Crippen molar-refractivity contribution in [3.05, 3.63) is 65.2 Å². The minimum atomic E-state index is -0.543. The molecule has 1 aliphatic rings. The molecule has 0 fully saturated rings. The molecule has 1 atom stereocenters. The van der Waals surface area contributed by atoms with Crippen molar-refractivity contribution < 1.29 is 5.11 Å². The summed E-state index contributed by atoms with van der Waals surface area (Å²) in [6.07, 6.45) is 4.25. The highest BCUT2D eigenvalue weighted by atomic mass is 127. The van der Waals surface area contributed by atoms with Gasteiger partial charge in [0, 0.05) is 12.2 Å². The van der Waals surface area contributed by atoms with Gasteiger partial charge in [-0.1, -0.05) is 54.6 Å².